The molecule has 1 unspecified atom stereocenters. The summed E-state index contributed by atoms with van der Waals surface area (Å²) in [6.45, 7) is 4.40. The highest BCUT2D eigenvalue weighted by Crippen LogP contribution is 2.29. The van der Waals surface area contributed by atoms with Gasteiger partial charge in [-0.05, 0) is 59.0 Å². The van der Waals surface area contributed by atoms with E-state index in [9.17, 15) is 0 Å². The normalized spacial score (nSPS) is 12.6. The molecule has 0 spiro atoms. The molecule has 5 heteroatoms. The van der Waals surface area contributed by atoms with Crippen LogP contribution in [0.1, 0.15) is 20.3 Å². The second kappa shape index (κ2) is 7.18. The van der Waals surface area contributed by atoms with Gasteiger partial charge in [-0.15, -0.1) is 0 Å². The van der Waals surface area contributed by atoms with Gasteiger partial charge in [0.05, 0.1) is 11.2 Å². The van der Waals surface area contributed by atoms with Gasteiger partial charge in [-0.3, -0.25) is 4.98 Å². The van der Waals surface area contributed by atoms with E-state index in [0.717, 1.165) is 33.2 Å². The lowest BCUT2D eigenvalue weighted by molar-refractivity contribution is 0.772. The zero-order chi connectivity index (χ0) is 14.5. The van der Waals surface area contributed by atoms with Crippen LogP contribution in [0.15, 0.2) is 28.9 Å². The van der Waals surface area contributed by atoms with Crippen LogP contribution in [0.3, 0.4) is 0 Å². The number of nitrogens with two attached hydrogens (primary N) is 1. The van der Waals surface area contributed by atoms with Crippen molar-refractivity contribution in [2.24, 2.45) is 0 Å². The summed E-state index contributed by atoms with van der Waals surface area (Å²) in [7, 11) is 0. The van der Waals surface area contributed by atoms with Crippen molar-refractivity contribution in [2.75, 3.05) is 22.6 Å². The largest absolute Gasteiger partial charge is 0.398 e. The Labute approximate surface area is 132 Å². The maximum absolute atomic E-state index is 6.03. The molecule has 0 aliphatic carbocycles. The molecule has 1 aromatic heterocycles. The molecule has 0 aliphatic rings. The molecule has 1 heterocycles. The molecule has 1 aromatic carbocycles. The predicted molar refractivity (Wildman–Crippen MR) is 94.6 cm³/mol. The first-order chi connectivity index (χ1) is 9.61. The summed E-state index contributed by atoms with van der Waals surface area (Å²) in [5.41, 5.74) is 8.77. The smallest absolute Gasteiger partial charge is 0.0954 e. The van der Waals surface area contributed by atoms with Crippen LogP contribution < -0.4 is 11.1 Å². The van der Waals surface area contributed by atoms with Gasteiger partial charge in [0.2, 0.25) is 0 Å². The van der Waals surface area contributed by atoms with Gasteiger partial charge in [-0.25, -0.2) is 0 Å². The van der Waals surface area contributed by atoms with Crippen molar-refractivity contribution in [3.05, 3.63) is 28.9 Å². The predicted octanol–water partition coefficient (Wildman–Crippen LogP) is 4.52. The van der Waals surface area contributed by atoms with Crippen LogP contribution in [0.25, 0.3) is 10.9 Å². The fourth-order valence-electron chi connectivity index (χ4n) is 2.07. The lowest BCUT2D eigenvalue weighted by Gasteiger charge is -2.17. The Morgan fingerprint density at radius 1 is 1.45 bits per heavy atom. The summed E-state index contributed by atoms with van der Waals surface area (Å²) in [6, 6.07) is 6.39. The Bertz CT molecular complexity index is 589. The molecule has 20 heavy (non-hydrogen) atoms. The third-order valence-corrected chi connectivity index (χ3v) is 4.52. The first-order valence-corrected chi connectivity index (χ1v) is 8.74. The molecule has 0 saturated heterocycles. The van der Waals surface area contributed by atoms with E-state index in [-0.39, 0.29) is 0 Å². The Morgan fingerprint density at radius 2 is 2.25 bits per heavy atom. The average molecular weight is 354 g/mol. The number of pyridine rings is 1. The van der Waals surface area contributed by atoms with E-state index in [1.54, 1.807) is 0 Å². The molecule has 2 rings (SSSR count). The van der Waals surface area contributed by atoms with E-state index in [0.29, 0.717) is 6.04 Å². The fraction of sp³-hybridized carbons (Fsp3) is 0.400. The molecule has 0 fully saturated rings. The molecular weight excluding hydrogens is 334 g/mol. The van der Waals surface area contributed by atoms with Gasteiger partial charge < -0.3 is 11.1 Å². The summed E-state index contributed by atoms with van der Waals surface area (Å²) in [5, 5.41) is 4.53. The standard InChI is InChI=1S/C15H20BrN3S/c1-3-20-7-6-10(2)19-14-5-4-13(17)12-8-11(16)9-18-15(12)14/h4-5,8-10,19H,3,6-7,17H2,1-2H3. The summed E-state index contributed by atoms with van der Waals surface area (Å²) in [6.07, 6.45) is 2.95. The van der Waals surface area contributed by atoms with Crippen LogP contribution in [0, 0.1) is 0 Å². The molecule has 0 saturated carbocycles. The van der Waals surface area contributed by atoms with Crippen LogP contribution >= 0.6 is 27.7 Å². The number of hydrogen-bond donors (Lipinski definition) is 2. The molecule has 108 valence electrons. The first kappa shape index (κ1) is 15.4. The molecule has 3 N–H and O–H groups in total. The monoisotopic (exact) mass is 353 g/mol. The first-order valence-electron chi connectivity index (χ1n) is 6.79. The summed E-state index contributed by atoms with van der Waals surface area (Å²) < 4.78 is 0.946. The number of thioether (sulfide) groups is 1. The van der Waals surface area contributed by atoms with Crippen LogP contribution in [0.4, 0.5) is 11.4 Å². The molecule has 3 nitrogen and oxygen atoms in total. The van der Waals surface area contributed by atoms with Crippen LogP contribution in [-0.4, -0.2) is 22.5 Å². The third kappa shape index (κ3) is 3.79. The minimum Gasteiger partial charge on any atom is -0.398 e. The molecule has 0 bridgehead atoms. The minimum atomic E-state index is 0.423. The number of fused-ring (bicyclic) bond motifs is 1. The number of nitrogens with one attached hydrogen (secondary N) is 1. The summed E-state index contributed by atoms with van der Waals surface area (Å²) in [5.74, 6) is 2.35. The molecule has 2 aromatic rings. The third-order valence-electron chi connectivity index (χ3n) is 3.15. The second-order valence-electron chi connectivity index (χ2n) is 4.78. The number of nitrogens with zero attached hydrogens (tertiary/aromatic N) is 1. The van der Waals surface area contributed by atoms with E-state index >= 15 is 0 Å². The number of aromatic nitrogens is 1. The highest BCUT2D eigenvalue weighted by atomic mass is 79.9. The van der Waals surface area contributed by atoms with Crippen molar-refractivity contribution < 1.29 is 0 Å². The topological polar surface area (TPSA) is 50.9 Å². The van der Waals surface area contributed by atoms with Crippen molar-refractivity contribution in [1.29, 1.82) is 0 Å². The summed E-state index contributed by atoms with van der Waals surface area (Å²) in [4.78, 5) is 4.50. The van der Waals surface area contributed by atoms with Crippen molar-refractivity contribution in [1.82, 2.24) is 4.98 Å². The molecular formula is C15H20BrN3S. The zero-order valence-corrected chi connectivity index (χ0v) is 14.2. The number of anilines is 2. The van der Waals surface area contributed by atoms with Gasteiger partial charge in [0.15, 0.2) is 0 Å². The van der Waals surface area contributed by atoms with Crippen LogP contribution in [-0.2, 0) is 0 Å². The Hall–Kier alpha value is -0.940. The van der Waals surface area contributed by atoms with E-state index < -0.39 is 0 Å². The molecule has 0 radical (unpaired) electrons. The SMILES string of the molecule is CCSCCC(C)Nc1ccc(N)c2cc(Br)cnc12. The minimum absolute atomic E-state index is 0.423. The Morgan fingerprint density at radius 3 is 3.00 bits per heavy atom. The van der Waals surface area contributed by atoms with Crippen molar-refractivity contribution in [3.8, 4) is 0 Å². The lowest BCUT2D eigenvalue weighted by atomic mass is 10.1. The average Bonchev–Trinajstić information content (AvgIpc) is 2.42. The molecule has 1 atom stereocenters. The Kier molecular flexibility index (Phi) is 5.54. The van der Waals surface area contributed by atoms with Gasteiger partial charge in [0, 0.05) is 27.8 Å². The van der Waals surface area contributed by atoms with Gasteiger partial charge in [0.25, 0.3) is 0 Å². The van der Waals surface area contributed by atoms with Gasteiger partial charge in [-0.1, -0.05) is 6.92 Å². The summed E-state index contributed by atoms with van der Waals surface area (Å²) >= 11 is 5.42. The number of hydrogen-bond acceptors (Lipinski definition) is 4. The van der Waals surface area contributed by atoms with Crippen LogP contribution in [0.5, 0.6) is 0 Å². The number of benzene rings is 1. The Balaban J connectivity index is 2.20. The fourth-order valence-corrected chi connectivity index (χ4v) is 3.21. The maximum atomic E-state index is 6.03. The molecule has 0 amide bonds. The quantitative estimate of drug-likeness (QED) is 0.591. The van der Waals surface area contributed by atoms with E-state index in [2.05, 4.69) is 40.1 Å². The van der Waals surface area contributed by atoms with Gasteiger partial charge in [0.1, 0.15) is 0 Å². The highest BCUT2D eigenvalue weighted by molar-refractivity contribution is 9.10. The van der Waals surface area contributed by atoms with Gasteiger partial charge >= 0.3 is 0 Å². The number of halogens is 1. The number of nitrogen functional groups attached to an aromatic ring is 1. The van der Waals surface area contributed by atoms with E-state index in [4.69, 9.17) is 5.73 Å². The second-order valence-corrected chi connectivity index (χ2v) is 7.09. The van der Waals surface area contributed by atoms with Crippen molar-refractivity contribution in [2.45, 2.75) is 26.3 Å². The molecule has 0 aliphatic heterocycles. The maximum Gasteiger partial charge on any atom is 0.0954 e. The highest BCUT2D eigenvalue weighted by Gasteiger charge is 2.09. The van der Waals surface area contributed by atoms with Crippen molar-refractivity contribution in [3.63, 3.8) is 0 Å². The number of rotatable bonds is 6. The van der Waals surface area contributed by atoms with E-state index in [1.807, 2.05) is 36.2 Å². The van der Waals surface area contributed by atoms with Gasteiger partial charge in [-0.2, -0.15) is 11.8 Å². The van der Waals surface area contributed by atoms with E-state index in [1.165, 1.54) is 11.5 Å². The van der Waals surface area contributed by atoms with Crippen molar-refractivity contribution >= 4 is 50.0 Å². The van der Waals surface area contributed by atoms with Crippen LogP contribution in [0.2, 0.25) is 0 Å². The lowest BCUT2D eigenvalue weighted by Crippen LogP contribution is -2.16. The zero-order valence-electron chi connectivity index (χ0n) is 11.8.